The summed E-state index contributed by atoms with van der Waals surface area (Å²) in [7, 11) is 0. The number of amides is 1. The zero-order valence-corrected chi connectivity index (χ0v) is 10.9. The Kier molecular flexibility index (Phi) is 4.19. The fraction of sp³-hybridized carbons (Fsp3) is 0.667. The highest BCUT2D eigenvalue weighted by molar-refractivity contribution is 5.92. The lowest BCUT2D eigenvalue weighted by molar-refractivity contribution is 0.0762. The number of morpholine rings is 1. The summed E-state index contributed by atoms with van der Waals surface area (Å²) in [5, 5.41) is 3.86. The van der Waals surface area contributed by atoms with Gasteiger partial charge in [0.25, 0.3) is 5.91 Å². The van der Waals surface area contributed by atoms with Crippen molar-refractivity contribution in [2.24, 2.45) is 0 Å². The van der Waals surface area contributed by atoms with Crippen molar-refractivity contribution in [3.8, 4) is 0 Å². The third-order valence-corrected chi connectivity index (χ3v) is 3.09. The molecule has 0 aliphatic carbocycles. The first-order valence-corrected chi connectivity index (χ1v) is 6.35. The molecule has 1 fully saturated rings. The summed E-state index contributed by atoms with van der Waals surface area (Å²) in [4.78, 5) is 15.8. The molecule has 18 heavy (non-hydrogen) atoms. The first-order valence-electron chi connectivity index (χ1n) is 6.35. The standard InChI is InChI=1S/C12H19N3O3/c1-3-14(4-2)12(16)10-9-11(18-13-10)15-5-7-17-8-6-15/h9H,3-8H2,1-2H3. The molecule has 6 nitrogen and oxygen atoms in total. The van der Waals surface area contributed by atoms with Gasteiger partial charge in [-0.15, -0.1) is 0 Å². The Hall–Kier alpha value is -1.56. The molecular weight excluding hydrogens is 234 g/mol. The van der Waals surface area contributed by atoms with Crippen LogP contribution >= 0.6 is 0 Å². The van der Waals surface area contributed by atoms with E-state index in [0.29, 0.717) is 37.9 Å². The van der Waals surface area contributed by atoms with Crippen LogP contribution in [0.2, 0.25) is 0 Å². The highest BCUT2D eigenvalue weighted by atomic mass is 16.5. The second-order valence-corrected chi connectivity index (χ2v) is 4.13. The number of carbonyl (C=O) groups excluding carboxylic acids is 1. The predicted octanol–water partition coefficient (Wildman–Crippen LogP) is 0.993. The van der Waals surface area contributed by atoms with Crippen LogP contribution < -0.4 is 4.90 Å². The molecule has 1 aliphatic rings. The Balaban J connectivity index is 2.07. The Bertz CT molecular complexity index is 395. The smallest absolute Gasteiger partial charge is 0.276 e. The molecule has 100 valence electrons. The van der Waals surface area contributed by atoms with Gasteiger partial charge in [0, 0.05) is 32.2 Å². The van der Waals surface area contributed by atoms with Crippen molar-refractivity contribution >= 4 is 11.8 Å². The van der Waals surface area contributed by atoms with E-state index in [-0.39, 0.29) is 5.91 Å². The minimum atomic E-state index is -0.0803. The minimum absolute atomic E-state index is 0.0803. The topological polar surface area (TPSA) is 58.8 Å². The van der Waals surface area contributed by atoms with E-state index in [1.165, 1.54) is 0 Å². The van der Waals surface area contributed by atoms with Crippen molar-refractivity contribution in [2.75, 3.05) is 44.3 Å². The highest BCUT2D eigenvalue weighted by Gasteiger charge is 2.21. The van der Waals surface area contributed by atoms with Gasteiger partial charge in [-0.1, -0.05) is 5.16 Å². The highest BCUT2D eigenvalue weighted by Crippen LogP contribution is 2.18. The molecule has 0 radical (unpaired) electrons. The number of nitrogens with zero attached hydrogens (tertiary/aromatic N) is 3. The van der Waals surface area contributed by atoms with Gasteiger partial charge in [0.1, 0.15) is 0 Å². The fourth-order valence-electron chi connectivity index (χ4n) is 1.97. The number of hydrogen-bond donors (Lipinski definition) is 0. The van der Waals surface area contributed by atoms with Crippen LogP contribution in [0.5, 0.6) is 0 Å². The third-order valence-electron chi connectivity index (χ3n) is 3.09. The molecule has 1 aromatic heterocycles. The zero-order chi connectivity index (χ0) is 13.0. The van der Waals surface area contributed by atoms with Gasteiger partial charge in [0.15, 0.2) is 5.69 Å². The SMILES string of the molecule is CCN(CC)C(=O)c1cc(N2CCOCC2)on1. The second kappa shape index (κ2) is 5.86. The molecule has 0 saturated carbocycles. The van der Waals surface area contributed by atoms with E-state index in [1.54, 1.807) is 11.0 Å². The van der Waals surface area contributed by atoms with E-state index in [4.69, 9.17) is 9.26 Å². The number of carbonyl (C=O) groups is 1. The average Bonchev–Trinajstić information content (AvgIpc) is 2.90. The summed E-state index contributed by atoms with van der Waals surface area (Å²) in [6.07, 6.45) is 0. The fourth-order valence-corrected chi connectivity index (χ4v) is 1.97. The number of hydrogen-bond acceptors (Lipinski definition) is 5. The molecule has 0 bridgehead atoms. The van der Waals surface area contributed by atoms with Crippen molar-refractivity contribution < 1.29 is 14.1 Å². The maximum atomic E-state index is 12.1. The molecule has 0 aromatic carbocycles. The summed E-state index contributed by atoms with van der Waals surface area (Å²) in [6.45, 7) is 8.15. The quantitative estimate of drug-likeness (QED) is 0.801. The molecule has 1 aliphatic heterocycles. The predicted molar refractivity (Wildman–Crippen MR) is 66.8 cm³/mol. The van der Waals surface area contributed by atoms with E-state index < -0.39 is 0 Å². The summed E-state index contributed by atoms with van der Waals surface area (Å²) >= 11 is 0. The van der Waals surface area contributed by atoms with Crippen LogP contribution in [0, 0.1) is 0 Å². The van der Waals surface area contributed by atoms with Crippen LogP contribution in [0.25, 0.3) is 0 Å². The molecule has 6 heteroatoms. The summed E-state index contributed by atoms with van der Waals surface area (Å²) < 4.78 is 10.5. The third kappa shape index (κ3) is 2.64. The Morgan fingerprint density at radius 2 is 2.06 bits per heavy atom. The Morgan fingerprint density at radius 1 is 1.39 bits per heavy atom. The van der Waals surface area contributed by atoms with Crippen LogP contribution in [0.15, 0.2) is 10.6 Å². The van der Waals surface area contributed by atoms with Crippen LogP contribution in [0.1, 0.15) is 24.3 Å². The molecule has 0 unspecified atom stereocenters. The second-order valence-electron chi connectivity index (χ2n) is 4.13. The van der Waals surface area contributed by atoms with Gasteiger partial charge in [-0.25, -0.2) is 0 Å². The van der Waals surface area contributed by atoms with Gasteiger partial charge < -0.3 is 19.1 Å². The van der Waals surface area contributed by atoms with E-state index >= 15 is 0 Å². The maximum absolute atomic E-state index is 12.1. The van der Waals surface area contributed by atoms with Crippen molar-refractivity contribution in [1.82, 2.24) is 10.1 Å². The van der Waals surface area contributed by atoms with Crippen LogP contribution in [-0.4, -0.2) is 55.4 Å². The number of aromatic nitrogens is 1. The van der Waals surface area contributed by atoms with Crippen molar-refractivity contribution in [1.29, 1.82) is 0 Å². The van der Waals surface area contributed by atoms with E-state index in [9.17, 15) is 4.79 Å². The lowest BCUT2D eigenvalue weighted by Crippen LogP contribution is -2.36. The minimum Gasteiger partial charge on any atom is -0.378 e. The molecule has 2 heterocycles. The molecule has 0 spiro atoms. The lowest BCUT2D eigenvalue weighted by Gasteiger charge is -2.25. The molecule has 1 aromatic rings. The number of ether oxygens (including phenoxy) is 1. The molecular formula is C12H19N3O3. The van der Waals surface area contributed by atoms with E-state index in [0.717, 1.165) is 13.1 Å². The van der Waals surface area contributed by atoms with Gasteiger partial charge in [-0.2, -0.15) is 0 Å². The monoisotopic (exact) mass is 253 g/mol. The van der Waals surface area contributed by atoms with Crippen LogP contribution in [0.3, 0.4) is 0 Å². The first kappa shape index (κ1) is 12.9. The Morgan fingerprint density at radius 3 is 2.67 bits per heavy atom. The molecule has 0 atom stereocenters. The van der Waals surface area contributed by atoms with Crippen molar-refractivity contribution in [3.05, 3.63) is 11.8 Å². The molecule has 0 N–H and O–H groups in total. The first-order chi connectivity index (χ1) is 8.76. The van der Waals surface area contributed by atoms with Crippen LogP contribution in [0.4, 0.5) is 5.88 Å². The zero-order valence-electron chi connectivity index (χ0n) is 10.9. The molecule has 1 saturated heterocycles. The molecule has 2 rings (SSSR count). The summed E-state index contributed by atoms with van der Waals surface area (Å²) in [5.41, 5.74) is 0.375. The normalized spacial score (nSPS) is 15.8. The van der Waals surface area contributed by atoms with Gasteiger partial charge in [0.2, 0.25) is 5.88 Å². The summed E-state index contributed by atoms with van der Waals surface area (Å²) in [6, 6.07) is 1.71. The van der Waals surface area contributed by atoms with Crippen LogP contribution in [-0.2, 0) is 4.74 Å². The van der Waals surface area contributed by atoms with Gasteiger partial charge in [-0.3, -0.25) is 4.79 Å². The van der Waals surface area contributed by atoms with Crippen molar-refractivity contribution in [2.45, 2.75) is 13.8 Å². The molecule has 1 amide bonds. The maximum Gasteiger partial charge on any atom is 0.276 e. The van der Waals surface area contributed by atoms with E-state index in [2.05, 4.69) is 5.16 Å². The number of anilines is 1. The largest absolute Gasteiger partial charge is 0.378 e. The average molecular weight is 253 g/mol. The summed E-state index contributed by atoms with van der Waals surface area (Å²) in [5.74, 6) is 0.567. The van der Waals surface area contributed by atoms with E-state index in [1.807, 2.05) is 18.7 Å². The number of rotatable bonds is 4. The lowest BCUT2D eigenvalue weighted by atomic mass is 10.3. The van der Waals surface area contributed by atoms with Gasteiger partial charge in [0.05, 0.1) is 13.2 Å². The van der Waals surface area contributed by atoms with Crippen molar-refractivity contribution in [3.63, 3.8) is 0 Å². The van der Waals surface area contributed by atoms with Gasteiger partial charge >= 0.3 is 0 Å². The Labute approximate surface area is 106 Å². The van der Waals surface area contributed by atoms with Gasteiger partial charge in [-0.05, 0) is 13.8 Å².